The number of fused-ring (bicyclic) bond motifs is 2. The van der Waals surface area contributed by atoms with Crippen molar-refractivity contribution in [1.29, 1.82) is 0 Å². The van der Waals surface area contributed by atoms with E-state index in [-0.39, 0.29) is 23.8 Å². The molecular formula is C21H22FN3O3. The van der Waals surface area contributed by atoms with Gasteiger partial charge in [-0.05, 0) is 61.2 Å². The van der Waals surface area contributed by atoms with Gasteiger partial charge < -0.3 is 20.3 Å². The van der Waals surface area contributed by atoms with Gasteiger partial charge in [0, 0.05) is 30.4 Å². The number of carbonyl (C=O) groups excluding carboxylic acids is 2. The van der Waals surface area contributed by atoms with Crippen LogP contribution in [0.15, 0.2) is 36.4 Å². The van der Waals surface area contributed by atoms with Crippen molar-refractivity contribution in [3.8, 4) is 5.75 Å². The van der Waals surface area contributed by atoms with E-state index < -0.39 is 0 Å². The van der Waals surface area contributed by atoms with Crippen LogP contribution in [0.4, 0.5) is 20.6 Å². The van der Waals surface area contributed by atoms with E-state index >= 15 is 0 Å². The molecule has 2 aromatic rings. The van der Waals surface area contributed by atoms with E-state index in [1.165, 1.54) is 12.1 Å². The van der Waals surface area contributed by atoms with E-state index in [2.05, 4.69) is 10.6 Å². The summed E-state index contributed by atoms with van der Waals surface area (Å²) >= 11 is 0. The summed E-state index contributed by atoms with van der Waals surface area (Å²) in [5.41, 5.74) is 3.23. The molecule has 0 aromatic heterocycles. The number of rotatable bonds is 2. The Labute approximate surface area is 162 Å². The summed E-state index contributed by atoms with van der Waals surface area (Å²) in [6, 6.07) is 9.21. The molecule has 0 radical (unpaired) electrons. The number of halogens is 1. The number of hydrogen-bond donors (Lipinski definition) is 2. The number of ether oxygens (including phenoxy) is 1. The van der Waals surface area contributed by atoms with Crippen molar-refractivity contribution in [2.24, 2.45) is 0 Å². The highest BCUT2D eigenvalue weighted by Crippen LogP contribution is 2.33. The fourth-order valence-electron chi connectivity index (χ4n) is 3.83. The van der Waals surface area contributed by atoms with Gasteiger partial charge in [-0.2, -0.15) is 0 Å². The summed E-state index contributed by atoms with van der Waals surface area (Å²) in [7, 11) is 0. The van der Waals surface area contributed by atoms with E-state index in [1.807, 2.05) is 12.1 Å². The summed E-state index contributed by atoms with van der Waals surface area (Å²) < 4.78 is 19.3. The van der Waals surface area contributed by atoms with Gasteiger partial charge in [-0.25, -0.2) is 9.18 Å². The van der Waals surface area contributed by atoms with E-state index in [9.17, 15) is 14.0 Å². The SMILES string of the molecule is CC(=O)N1CCc2cc(NC(=O)NC3CCCOc4ccc(F)cc43)ccc21. The highest BCUT2D eigenvalue weighted by molar-refractivity contribution is 5.95. The molecule has 0 spiro atoms. The Morgan fingerprint density at radius 1 is 1.21 bits per heavy atom. The van der Waals surface area contributed by atoms with Crippen LogP contribution in [0.3, 0.4) is 0 Å². The predicted octanol–water partition coefficient (Wildman–Crippen LogP) is 3.77. The maximum atomic E-state index is 13.7. The zero-order valence-electron chi connectivity index (χ0n) is 15.6. The molecule has 2 aliphatic rings. The Hall–Kier alpha value is -3.09. The summed E-state index contributed by atoms with van der Waals surface area (Å²) in [5.74, 6) is 0.259. The molecule has 0 aliphatic carbocycles. The first-order chi connectivity index (χ1) is 13.5. The van der Waals surface area contributed by atoms with Gasteiger partial charge >= 0.3 is 6.03 Å². The third-order valence-electron chi connectivity index (χ3n) is 5.16. The highest BCUT2D eigenvalue weighted by atomic mass is 19.1. The van der Waals surface area contributed by atoms with Gasteiger partial charge in [0.25, 0.3) is 0 Å². The normalized spacial score (nSPS) is 17.8. The fraction of sp³-hybridized carbons (Fsp3) is 0.333. The van der Waals surface area contributed by atoms with Crippen molar-refractivity contribution in [3.05, 3.63) is 53.3 Å². The van der Waals surface area contributed by atoms with Crippen LogP contribution in [0.2, 0.25) is 0 Å². The summed E-state index contributed by atoms with van der Waals surface area (Å²) in [5, 5.41) is 5.77. The number of carbonyl (C=O) groups is 2. The van der Waals surface area contributed by atoms with Crippen molar-refractivity contribution >= 4 is 23.3 Å². The number of benzene rings is 2. The minimum Gasteiger partial charge on any atom is -0.493 e. The maximum Gasteiger partial charge on any atom is 0.319 e. The van der Waals surface area contributed by atoms with Crippen LogP contribution in [-0.4, -0.2) is 25.1 Å². The molecule has 3 amide bonds. The molecule has 4 rings (SSSR count). The van der Waals surface area contributed by atoms with Crippen LogP contribution in [0.1, 0.15) is 36.9 Å². The zero-order chi connectivity index (χ0) is 19.7. The predicted molar refractivity (Wildman–Crippen MR) is 104 cm³/mol. The average molecular weight is 383 g/mol. The van der Waals surface area contributed by atoms with Gasteiger partial charge in [-0.3, -0.25) is 4.79 Å². The molecule has 1 atom stereocenters. The summed E-state index contributed by atoms with van der Waals surface area (Å²) in [6.45, 7) is 2.74. The van der Waals surface area contributed by atoms with E-state index in [0.29, 0.717) is 36.6 Å². The van der Waals surface area contributed by atoms with Crippen molar-refractivity contribution in [3.63, 3.8) is 0 Å². The standard InChI is InChI=1S/C21H22FN3O3/c1-13(26)25-9-8-14-11-16(5-6-19(14)25)23-21(27)24-18-3-2-10-28-20-7-4-15(22)12-17(18)20/h4-7,11-12,18H,2-3,8-10H2,1H3,(H2,23,24,27). The smallest absolute Gasteiger partial charge is 0.319 e. The third-order valence-corrected chi connectivity index (χ3v) is 5.16. The van der Waals surface area contributed by atoms with Crippen LogP contribution < -0.4 is 20.3 Å². The maximum absolute atomic E-state index is 13.7. The first-order valence-electron chi connectivity index (χ1n) is 9.42. The van der Waals surface area contributed by atoms with Gasteiger partial charge in [0.2, 0.25) is 5.91 Å². The summed E-state index contributed by atoms with van der Waals surface area (Å²) in [6.07, 6.45) is 2.20. The Balaban J connectivity index is 1.47. The van der Waals surface area contributed by atoms with Crippen LogP contribution >= 0.6 is 0 Å². The Kier molecular flexibility index (Phi) is 4.90. The molecule has 2 N–H and O–H groups in total. The van der Waals surface area contributed by atoms with Crippen LogP contribution in [0.25, 0.3) is 0 Å². The molecule has 1 unspecified atom stereocenters. The lowest BCUT2D eigenvalue weighted by Gasteiger charge is -2.19. The lowest BCUT2D eigenvalue weighted by molar-refractivity contribution is -0.116. The quantitative estimate of drug-likeness (QED) is 0.829. The van der Waals surface area contributed by atoms with Crippen LogP contribution in [0.5, 0.6) is 5.75 Å². The van der Waals surface area contributed by atoms with E-state index in [1.54, 1.807) is 24.0 Å². The fourth-order valence-corrected chi connectivity index (χ4v) is 3.83. The van der Waals surface area contributed by atoms with Crippen LogP contribution in [0, 0.1) is 5.82 Å². The average Bonchev–Trinajstić information content (AvgIpc) is 2.99. The molecule has 6 nitrogen and oxygen atoms in total. The van der Waals surface area contributed by atoms with Crippen molar-refractivity contribution in [2.75, 3.05) is 23.4 Å². The van der Waals surface area contributed by atoms with Crippen molar-refractivity contribution in [2.45, 2.75) is 32.2 Å². The first kappa shape index (κ1) is 18.3. The van der Waals surface area contributed by atoms with Crippen molar-refractivity contribution in [1.82, 2.24) is 5.32 Å². The minimum atomic E-state index is -0.358. The lowest BCUT2D eigenvalue weighted by atomic mass is 10.0. The Morgan fingerprint density at radius 3 is 2.89 bits per heavy atom. The first-order valence-corrected chi connectivity index (χ1v) is 9.42. The highest BCUT2D eigenvalue weighted by Gasteiger charge is 2.24. The minimum absolute atomic E-state index is 0.0127. The van der Waals surface area contributed by atoms with Gasteiger partial charge in [0.05, 0.1) is 12.6 Å². The topological polar surface area (TPSA) is 70.7 Å². The monoisotopic (exact) mass is 383 g/mol. The number of anilines is 2. The second-order valence-electron chi connectivity index (χ2n) is 7.09. The number of urea groups is 1. The molecular weight excluding hydrogens is 361 g/mol. The van der Waals surface area contributed by atoms with Crippen LogP contribution in [-0.2, 0) is 11.2 Å². The number of hydrogen-bond acceptors (Lipinski definition) is 3. The molecule has 7 heteroatoms. The second-order valence-corrected chi connectivity index (χ2v) is 7.09. The van der Waals surface area contributed by atoms with Crippen molar-refractivity contribution < 1.29 is 18.7 Å². The van der Waals surface area contributed by atoms with Gasteiger partial charge in [-0.1, -0.05) is 0 Å². The zero-order valence-corrected chi connectivity index (χ0v) is 15.6. The summed E-state index contributed by atoms with van der Waals surface area (Å²) in [4.78, 5) is 25.9. The van der Waals surface area contributed by atoms with Gasteiger partial charge in [-0.15, -0.1) is 0 Å². The number of nitrogens with one attached hydrogen (secondary N) is 2. The largest absolute Gasteiger partial charge is 0.493 e. The molecule has 0 bridgehead atoms. The number of amides is 3. The molecule has 2 aliphatic heterocycles. The molecule has 146 valence electrons. The van der Waals surface area contributed by atoms with Gasteiger partial charge in [0.1, 0.15) is 11.6 Å². The Bertz CT molecular complexity index is 931. The lowest BCUT2D eigenvalue weighted by Crippen LogP contribution is -2.32. The molecule has 0 fully saturated rings. The van der Waals surface area contributed by atoms with E-state index in [4.69, 9.17) is 4.74 Å². The third kappa shape index (κ3) is 3.65. The van der Waals surface area contributed by atoms with E-state index in [0.717, 1.165) is 24.1 Å². The molecule has 2 heterocycles. The molecule has 0 saturated heterocycles. The Morgan fingerprint density at radius 2 is 2.07 bits per heavy atom. The molecule has 2 aromatic carbocycles. The molecule has 0 saturated carbocycles. The van der Waals surface area contributed by atoms with Gasteiger partial charge in [0.15, 0.2) is 0 Å². The number of nitrogens with zero attached hydrogens (tertiary/aromatic N) is 1. The second kappa shape index (κ2) is 7.50. The molecule has 28 heavy (non-hydrogen) atoms.